The van der Waals surface area contributed by atoms with E-state index >= 15 is 0 Å². The first-order valence-corrected chi connectivity index (χ1v) is 4.33. The summed E-state index contributed by atoms with van der Waals surface area (Å²) < 4.78 is 17.3. The fourth-order valence-electron chi connectivity index (χ4n) is 0.911. The number of rotatable bonds is 3. The minimum atomic E-state index is -1.02. The fraction of sp³-hybridized carbons (Fsp3) is 0.222. The Balaban J connectivity index is 2.81. The largest absolute Gasteiger partial charge is 0.463 e. The van der Waals surface area contributed by atoms with Crippen LogP contribution in [0.15, 0.2) is 12.3 Å². The number of ketones is 1. The minimum absolute atomic E-state index is 0.127. The number of carbonyl (C=O) groups is 2. The maximum atomic E-state index is 13.1. The highest BCUT2D eigenvalue weighted by Crippen LogP contribution is 2.12. The van der Waals surface area contributed by atoms with Gasteiger partial charge in [0.15, 0.2) is 0 Å². The van der Waals surface area contributed by atoms with Gasteiger partial charge in [0.1, 0.15) is 5.82 Å². The van der Waals surface area contributed by atoms with Gasteiger partial charge in [0.2, 0.25) is 5.78 Å². The number of pyridine rings is 1. The first-order chi connectivity index (χ1) is 7.04. The first-order valence-electron chi connectivity index (χ1n) is 3.95. The van der Waals surface area contributed by atoms with E-state index in [1.165, 1.54) is 6.20 Å². The molecule has 0 unspecified atom stereocenters. The lowest BCUT2D eigenvalue weighted by molar-refractivity contribution is -0.151. The van der Waals surface area contributed by atoms with E-state index < -0.39 is 24.0 Å². The lowest BCUT2D eigenvalue weighted by Gasteiger charge is -2.00. The van der Waals surface area contributed by atoms with Gasteiger partial charge in [-0.1, -0.05) is 11.6 Å². The third kappa shape index (κ3) is 2.99. The molecule has 1 aromatic rings. The Morgan fingerprint density at radius 3 is 2.80 bits per heavy atom. The zero-order valence-corrected chi connectivity index (χ0v) is 8.55. The first kappa shape index (κ1) is 11.6. The van der Waals surface area contributed by atoms with Crippen LogP contribution in [0, 0.1) is 5.82 Å². The molecule has 0 aromatic carbocycles. The average molecular weight is 232 g/mol. The van der Waals surface area contributed by atoms with E-state index in [1.54, 1.807) is 0 Å². The van der Waals surface area contributed by atoms with Gasteiger partial charge in [0, 0.05) is 6.20 Å². The van der Waals surface area contributed by atoms with E-state index in [2.05, 4.69) is 9.72 Å². The SMILES string of the molecule is COC(=O)C(=O)Cc1ncc(Cl)cc1F. The molecular formula is C9H7ClFNO3. The number of nitrogens with zero attached hydrogens (tertiary/aromatic N) is 1. The van der Waals surface area contributed by atoms with Gasteiger partial charge in [0.25, 0.3) is 0 Å². The van der Waals surface area contributed by atoms with Crippen LogP contribution < -0.4 is 0 Å². The average Bonchev–Trinajstić information content (AvgIpc) is 2.20. The van der Waals surface area contributed by atoms with Crippen molar-refractivity contribution in [2.45, 2.75) is 6.42 Å². The highest BCUT2D eigenvalue weighted by Gasteiger charge is 2.17. The van der Waals surface area contributed by atoms with Gasteiger partial charge in [-0.2, -0.15) is 0 Å². The highest BCUT2D eigenvalue weighted by atomic mass is 35.5. The van der Waals surface area contributed by atoms with Crippen molar-refractivity contribution in [1.82, 2.24) is 4.98 Å². The van der Waals surface area contributed by atoms with Crippen LogP contribution in [-0.2, 0) is 20.7 Å². The van der Waals surface area contributed by atoms with Crippen molar-refractivity contribution >= 4 is 23.4 Å². The monoisotopic (exact) mass is 231 g/mol. The number of halogens is 2. The van der Waals surface area contributed by atoms with E-state index in [9.17, 15) is 14.0 Å². The molecule has 0 aliphatic carbocycles. The molecule has 0 aliphatic heterocycles. The fourth-order valence-corrected chi connectivity index (χ4v) is 1.06. The van der Waals surface area contributed by atoms with Crippen LogP contribution in [0.1, 0.15) is 5.69 Å². The molecule has 0 amide bonds. The van der Waals surface area contributed by atoms with Crippen LogP contribution in [0.4, 0.5) is 4.39 Å². The summed E-state index contributed by atoms with van der Waals surface area (Å²) in [7, 11) is 1.08. The van der Waals surface area contributed by atoms with Gasteiger partial charge < -0.3 is 4.74 Å². The molecule has 1 aromatic heterocycles. The molecular weight excluding hydrogens is 225 g/mol. The van der Waals surface area contributed by atoms with Crippen LogP contribution in [0.25, 0.3) is 0 Å². The van der Waals surface area contributed by atoms with Crippen LogP contribution in [0.2, 0.25) is 5.02 Å². The van der Waals surface area contributed by atoms with Crippen molar-refractivity contribution < 1.29 is 18.7 Å². The summed E-state index contributed by atoms with van der Waals surface area (Å²) in [4.78, 5) is 25.4. The lowest BCUT2D eigenvalue weighted by Crippen LogP contribution is -2.19. The molecule has 0 aliphatic rings. The smallest absolute Gasteiger partial charge is 0.374 e. The van der Waals surface area contributed by atoms with Crippen molar-refractivity contribution in [2.75, 3.05) is 7.11 Å². The Kier molecular flexibility index (Phi) is 3.74. The quantitative estimate of drug-likeness (QED) is 0.579. The summed E-state index contributed by atoms with van der Waals surface area (Å²) in [6, 6.07) is 1.02. The zero-order valence-electron chi connectivity index (χ0n) is 7.79. The second kappa shape index (κ2) is 4.84. The summed E-state index contributed by atoms with van der Waals surface area (Å²) in [5.41, 5.74) is -0.130. The maximum absolute atomic E-state index is 13.1. The third-order valence-electron chi connectivity index (χ3n) is 1.63. The van der Waals surface area contributed by atoms with E-state index in [1.807, 2.05) is 0 Å². The molecule has 0 fully saturated rings. The molecule has 1 heterocycles. The van der Waals surface area contributed by atoms with Crippen molar-refractivity contribution in [1.29, 1.82) is 0 Å². The Morgan fingerprint density at radius 1 is 1.60 bits per heavy atom. The lowest BCUT2D eigenvalue weighted by atomic mass is 10.2. The summed E-state index contributed by atoms with van der Waals surface area (Å²) in [5.74, 6) is -2.60. The Morgan fingerprint density at radius 2 is 2.27 bits per heavy atom. The number of methoxy groups -OCH3 is 1. The molecule has 4 nitrogen and oxygen atoms in total. The zero-order chi connectivity index (χ0) is 11.4. The molecule has 1 rings (SSSR count). The molecule has 0 saturated heterocycles. The van der Waals surface area contributed by atoms with Gasteiger partial charge in [-0.15, -0.1) is 0 Å². The Labute approximate surface area is 90.0 Å². The second-order valence-electron chi connectivity index (χ2n) is 2.67. The van der Waals surface area contributed by atoms with Crippen LogP contribution in [0.3, 0.4) is 0 Å². The number of ether oxygens (including phenoxy) is 1. The number of Topliss-reactive ketones (excluding diaryl/α,β-unsaturated/α-hetero) is 1. The van der Waals surface area contributed by atoms with Crippen molar-refractivity contribution in [3.05, 3.63) is 28.8 Å². The molecule has 15 heavy (non-hydrogen) atoms. The second-order valence-corrected chi connectivity index (χ2v) is 3.11. The Hall–Kier alpha value is -1.49. The van der Waals surface area contributed by atoms with E-state index in [0.717, 1.165) is 13.2 Å². The molecule has 0 spiro atoms. The number of hydrogen-bond acceptors (Lipinski definition) is 4. The van der Waals surface area contributed by atoms with Gasteiger partial charge in [0.05, 0.1) is 24.2 Å². The summed E-state index contributed by atoms with van der Waals surface area (Å²) >= 11 is 5.46. The van der Waals surface area contributed by atoms with Gasteiger partial charge in [-0.3, -0.25) is 9.78 Å². The predicted octanol–water partition coefficient (Wildman–Crippen LogP) is 1.16. The van der Waals surface area contributed by atoms with E-state index in [4.69, 9.17) is 11.6 Å². The molecule has 6 heteroatoms. The normalized spacial score (nSPS) is 9.80. The predicted molar refractivity (Wildman–Crippen MR) is 49.9 cm³/mol. The standard InChI is InChI=1S/C9H7ClFNO3/c1-15-9(14)8(13)3-7-6(11)2-5(10)4-12-7/h2,4H,3H2,1H3. The maximum Gasteiger partial charge on any atom is 0.374 e. The van der Waals surface area contributed by atoms with Crippen LogP contribution in [0.5, 0.6) is 0 Å². The van der Waals surface area contributed by atoms with Gasteiger partial charge in [-0.25, -0.2) is 9.18 Å². The summed E-state index contributed by atoms with van der Waals surface area (Å²) in [5, 5.41) is 0.127. The van der Waals surface area contributed by atoms with Crippen LogP contribution in [-0.4, -0.2) is 23.8 Å². The molecule has 80 valence electrons. The van der Waals surface area contributed by atoms with Gasteiger partial charge in [-0.05, 0) is 6.07 Å². The van der Waals surface area contributed by atoms with Gasteiger partial charge >= 0.3 is 5.97 Å². The van der Waals surface area contributed by atoms with Crippen molar-refractivity contribution in [3.63, 3.8) is 0 Å². The summed E-state index contributed by atoms with van der Waals surface area (Å²) in [6.45, 7) is 0. The molecule has 0 saturated carbocycles. The topological polar surface area (TPSA) is 56.3 Å². The molecule has 0 radical (unpaired) electrons. The van der Waals surface area contributed by atoms with Crippen LogP contribution >= 0.6 is 11.6 Å². The third-order valence-corrected chi connectivity index (χ3v) is 1.83. The highest BCUT2D eigenvalue weighted by molar-refractivity contribution is 6.34. The minimum Gasteiger partial charge on any atom is -0.463 e. The summed E-state index contributed by atoms with van der Waals surface area (Å²) in [6.07, 6.45) is 0.764. The number of hydrogen-bond donors (Lipinski definition) is 0. The molecule has 0 bridgehead atoms. The number of esters is 1. The van der Waals surface area contributed by atoms with E-state index in [0.29, 0.717) is 0 Å². The number of aromatic nitrogens is 1. The molecule has 0 atom stereocenters. The Bertz CT molecular complexity index is 408. The van der Waals surface area contributed by atoms with E-state index in [-0.39, 0.29) is 10.7 Å². The molecule has 0 N–H and O–H groups in total. The number of carbonyl (C=O) groups excluding carboxylic acids is 2. The van der Waals surface area contributed by atoms with Crippen molar-refractivity contribution in [2.24, 2.45) is 0 Å². The van der Waals surface area contributed by atoms with Crippen molar-refractivity contribution in [3.8, 4) is 0 Å².